The van der Waals surface area contributed by atoms with Crippen LogP contribution in [0.1, 0.15) is 41.0 Å². The Morgan fingerprint density at radius 2 is 2.03 bits per heavy atom. The van der Waals surface area contributed by atoms with Gasteiger partial charge in [-0.2, -0.15) is 0 Å². The Morgan fingerprint density at radius 3 is 2.83 bits per heavy atom. The van der Waals surface area contributed by atoms with E-state index in [-0.39, 0.29) is 23.1 Å². The van der Waals surface area contributed by atoms with E-state index in [4.69, 9.17) is 0 Å². The molecule has 0 bridgehead atoms. The number of hydrogen-bond acceptors (Lipinski definition) is 3. The Labute approximate surface area is 175 Å². The van der Waals surface area contributed by atoms with E-state index in [2.05, 4.69) is 15.3 Å². The summed E-state index contributed by atoms with van der Waals surface area (Å²) in [7, 11) is 0. The number of aryl methyl sites for hydroxylation is 1. The predicted molar refractivity (Wildman–Crippen MR) is 115 cm³/mol. The van der Waals surface area contributed by atoms with E-state index in [9.17, 15) is 9.59 Å². The summed E-state index contributed by atoms with van der Waals surface area (Å²) in [6, 6.07) is 13.7. The van der Waals surface area contributed by atoms with Crippen LogP contribution in [-0.4, -0.2) is 39.8 Å². The van der Waals surface area contributed by atoms with Crippen molar-refractivity contribution in [1.29, 1.82) is 0 Å². The van der Waals surface area contributed by atoms with E-state index in [1.807, 2.05) is 60.5 Å². The molecule has 30 heavy (non-hydrogen) atoms. The highest BCUT2D eigenvalue weighted by Gasteiger charge is 2.58. The summed E-state index contributed by atoms with van der Waals surface area (Å²) in [6.45, 7) is 3.85. The molecule has 1 aliphatic carbocycles. The normalized spacial score (nSPS) is 19.8. The van der Waals surface area contributed by atoms with Crippen LogP contribution in [0, 0.1) is 18.3 Å². The standard InChI is InChI=1S/C24H26N4O2/c1-16-3-2-4-19(27-16)15-26-22(29)20-14-24(20)8-11-28(12-9-24)23(30)18-6-5-17-7-10-25-21(17)13-18/h2-7,10,13,20,25H,8-9,11-12,14-15H2,1H3,(H,26,29). The van der Waals surface area contributed by atoms with Gasteiger partial charge in [0.2, 0.25) is 5.91 Å². The van der Waals surface area contributed by atoms with E-state index in [1.54, 1.807) is 0 Å². The highest BCUT2D eigenvalue weighted by Crippen LogP contribution is 2.59. The Bertz CT molecular complexity index is 1110. The van der Waals surface area contributed by atoms with Crippen molar-refractivity contribution in [3.05, 3.63) is 65.6 Å². The molecule has 2 N–H and O–H groups in total. The van der Waals surface area contributed by atoms with E-state index in [0.29, 0.717) is 19.6 Å². The first-order valence-corrected chi connectivity index (χ1v) is 10.6. The zero-order valence-electron chi connectivity index (χ0n) is 17.1. The second-order valence-corrected chi connectivity index (χ2v) is 8.68. The molecule has 2 amide bonds. The van der Waals surface area contributed by atoms with Gasteiger partial charge < -0.3 is 15.2 Å². The first-order chi connectivity index (χ1) is 14.5. The van der Waals surface area contributed by atoms with Gasteiger partial charge in [0, 0.05) is 42.0 Å². The van der Waals surface area contributed by atoms with Crippen LogP contribution in [0.4, 0.5) is 0 Å². The van der Waals surface area contributed by atoms with Crippen molar-refractivity contribution in [3.8, 4) is 0 Å². The smallest absolute Gasteiger partial charge is 0.253 e. The second-order valence-electron chi connectivity index (χ2n) is 8.68. The molecule has 6 nitrogen and oxygen atoms in total. The van der Waals surface area contributed by atoms with Crippen molar-refractivity contribution in [3.63, 3.8) is 0 Å². The molecule has 1 aromatic carbocycles. The van der Waals surface area contributed by atoms with Crippen LogP contribution in [0.3, 0.4) is 0 Å². The van der Waals surface area contributed by atoms with E-state index in [1.165, 1.54) is 0 Å². The van der Waals surface area contributed by atoms with Crippen molar-refractivity contribution in [2.45, 2.75) is 32.7 Å². The zero-order chi connectivity index (χ0) is 20.7. The summed E-state index contributed by atoms with van der Waals surface area (Å²) in [4.78, 5) is 35.1. The van der Waals surface area contributed by atoms with Gasteiger partial charge in [-0.15, -0.1) is 0 Å². The number of carbonyl (C=O) groups excluding carboxylic acids is 2. The molecule has 1 saturated carbocycles. The Balaban J connectivity index is 1.16. The van der Waals surface area contributed by atoms with Gasteiger partial charge in [0.15, 0.2) is 0 Å². The lowest BCUT2D eigenvalue weighted by molar-refractivity contribution is -0.123. The molecule has 1 aliphatic heterocycles. The molecular weight excluding hydrogens is 376 g/mol. The number of hydrogen-bond donors (Lipinski definition) is 2. The molecule has 1 saturated heterocycles. The number of benzene rings is 1. The van der Waals surface area contributed by atoms with Gasteiger partial charge in [-0.05, 0) is 67.3 Å². The molecule has 0 radical (unpaired) electrons. The van der Waals surface area contributed by atoms with Gasteiger partial charge in [0.25, 0.3) is 5.91 Å². The molecule has 3 heterocycles. The number of likely N-dealkylation sites (tertiary alicyclic amines) is 1. The maximum Gasteiger partial charge on any atom is 0.253 e. The molecule has 154 valence electrons. The summed E-state index contributed by atoms with van der Waals surface area (Å²) < 4.78 is 0. The topological polar surface area (TPSA) is 78.1 Å². The van der Waals surface area contributed by atoms with Crippen molar-refractivity contribution < 1.29 is 9.59 Å². The van der Waals surface area contributed by atoms with Crippen LogP contribution in [0.2, 0.25) is 0 Å². The minimum Gasteiger partial charge on any atom is -0.361 e. The van der Waals surface area contributed by atoms with Crippen molar-refractivity contribution >= 4 is 22.7 Å². The van der Waals surface area contributed by atoms with Crippen LogP contribution in [0.15, 0.2) is 48.7 Å². The zero-order valence-corrected chi connectivity index (χ0v) is 17.1. The number of carbonyl (C=O) groups is 2. The Hall–Kier alpha value is -3.15. The minimum atomic E-state index is 0.0647. The maximum absolute atomic E-state index is 12.9. The van der Waals surface area contributed by atoms with E-state index in [0.717, 1.165) is 47.1 Å². The number of amides is 2. The summed E-state index contributed by atoms with van der Waals surface area (Å²) in [5, 5.41) is 4.16. The second kappa shape index (κ2) is 7.27. The predicted octanol–water partition coefficient (Wildman–Crippen LogP) is 3.43. The molecule has 1 unspecified atom stereocenters. The van der Waals surface area contributed by atoms with Crippen molar-refractivity contribution in [1.82, 2.24) is 20.2 Å². The third kappa shape index (κ3) is 3.47. The van der Waals surface area contributed by atoms with Crippen LogP contribution in [-0.2, 0) is 11.3 Å². The fourth-order valence-corrected chi connectivity index (χ4v) is 4.79. The lowest BCUT2D eigenvalue weighted by atomic mass is 9.90. The van der Waals surface area contributed by atoms with Gasteiger partial charge >= 0.3 is 0 Å². The van der Waals surface area contributed by atoms with Gasteiger partial charge in [0.1, 0.15) is 0 Å². The van der Waals surface area contributed by atoms with Crippen LogP contribution in [0.5, 0.6) is 0 Å². The number of nitrogens with one attached hydrogen (secondary N) is 2. The van der Waals surface area contributed by atoms with Gasteiger partial charge in [0.05, 0.1) is 12.2 Å². The fourth-order valence-electron chi connectivity index (χ4n) is 4.79. The quantitative estimate of drug-likeness (QED) is 0.702. The molecule has 6 heteroatoms. The summed E-state index contributed by atoms with van der Waals surface area (Å²) in [5.74, 6) is 0.263. The highest BCUT2D eigenvalue weighted by molar-refractivity contribution is 5.98. The van der Waals surface area contributed by atoms with E-state index < -0.39 is 0 Å². The van der Waals surface area contributed by atoms with E-state index >= 15 is 0 Å². The minimum absolute atomic E-state index is 0.0647. The van der Waals surface area contributed by atoms with Crippen molar-refractivity contribution in [2.24, 2.45) is 11.3 Å². The van der Waals surface area contributed by atoms with Crippen LogP contribution < -0.4 is 5.32 Å². The SMILES string of the molecule is Cc1cccc(CNC(=O)C2CC23CCN(C(=O)c2ccc4cc[nH]c4c2)CC3)n1. The molecule has 3 aromatic rings. The first kappa shape index (κ1) is 18.9. The first-order valence-electron chi connectivity index (χ1n) is 10.6. The molecule has 2 fully saturated rings. The molecule has 5 rings (SSSR count). The van der Waals surface area contributed by atoms with Crippen molar-refractivity contribution in [2.75, 3.05) is 13.1 Å². The third-order valence-corrected chi connectivity index (χ3v) is 6.74. The third-order valence-electron chi connectivity index (χ3n) is 6.74. The fraction of sp³-hybridized carbons (Fsp3) is 0.375. The summed E-state index contributed by atoms with van der Waals surface area (Å²) in [5.41, 5.74) is 3.62. The lowest BCUT2D eigenvalue weighted by Crippen LogP contribution is -2.40. The van der Waals surface area contributed by atoms with Crippen LogP contribution >= 0.6 is 0 Å². The largest absolute Gasteiger partial charge is 0.361 e. The number of aromatic nitrogens is 2. The number of aromatic amines is 1. The average molecular weight is 402 g/mol. The molecule has 2 aliphatic rings. The number of nitrogens with zero attached hydrogens (tertiary/aromatic N) is 2. The lowest BCUT2D eigenvalue weighted by Gasteiger charge is -2.33. The number of fused-ring (bicyclic) bond motifs is 1. The molecule has 1 spiro atoms. The van der Waals surface area contributed by atoms with Crippen LogP contribution in [0.25, 0.3) is 10.9 Å². The average Bonchev–Trinajstić information content (AvgIpc) is 3.24. The number of piperidine rings is 1. The Kier molecular flexibility index (Phi) is 4.57. The summed E-state index contributed by atoms with van der Waals surface area (Å²) >= 11 is 0. The monoisotopic (exact) mass is 402 g/mol. The Morgan fingerprint density at radius 1 is 1.20 bits per heavy atom. The van der Waals surface area contributed by atoms with Gasteiger partial charge in [-0.25, -0.2) is 0 Å². The molecule has 2 aromatic heterocycles. The number of pyridine rings is 1. The van der Waals surface area contributed by atoms with Gasteiger partial charge in [-0.3, -0.25) is 14.6 Å². The van der Waals surface area contributed by atoms with Gasteiger partial charge in [-0.1, -0.05) is 12.1 Å². The molecular formula is C24H26N4O2. The number of H-pyrrole nitrogens is 1. The molecule has 1 atom stereocenters. The highest BCUT2D eigenvalue weighted by atomic mass is 16.2. The number of rotatable bonds is 4. The maximum atomic E-state index is 12.9. The summed E-state index contributed by atoms with van der Waals surface area (Å²) in [6.07, 6.45) is 4.60.